The maximum atomic E-state index is 13.1. The van der Waals surface area contributed by atoms with E-state index < -0.39 is 11.7 Å². The van der Waals surface area contributed by atoms with Crippen molar-refractivity contribution in [1.82, 2.24) is 10.3 Å². The van der Waals surface area contributed by atoms with Gasteiger partial charge in [0.05, 0.1) is 17.2 Å². The molecular formula is C15H14F3N3OS. The molecule has 8 heteroatoms. The van der Waals surface area contributed by atoms with Crippen LogP contribution in [0.3, 0.4) is 0 Å². The van der Waals surface area contributed by atoms with Crippen molar-refractivity contribution in [1.29, 1.82) is 0 Å². The predicted molar refractivity (Wildman–Crippen MR) is 82.2 cm³/mol. The fraction of sp³-hybridized carbons (Fsp3) is 0.333. The van der Waals surface area contributed by atoms with Gasteiger partial charge in [-0.15, -0.1) is 11.3 Å². The molecule has 0 spiro atoms. The average molecular weight is 341 g/mol. The molecule has 1 aliphatic rings. The zero-order valence-electron chi connectivity index (χ0n) is 12.0. The van der Waals surface area contributed by atoms with Gasteiger partial charge in [-0.3, -0.25) is 4.79 Å². The molecule has 3 rings (SSSR count). The number of anilines is 1. The van der Waals surface area contributed by atoms with Gasteiger partial charge in [0.25, 0.3) is 0 Å². The number of rotatable bonds is 3. The summed E-state index contributed by atoms with van der Waals surface area (Å²) in [5, 5.41) is 7.61. The van der Waals surface area contributed by atoms with Gasteiger partial charge in [-0.2, -0.15) is 13.2 Å². The van der Waals surface area contributed by atoms with Crippen LogP contribution in [0.15, 0.2) is 29.6 Å². The Morgan fingerprint density at radius 2 is 2.13 bits per heavy atom. The van der Waals surface area contributed by atoms with E-state index >= 15 is 0 Å². The molecule has 122 valence electrons. The van der Waals surface area contributed by atoms with Crippen molar-refractivity contribution < 1.29 is 18.0 Å². The van der Waals surface area contributed by atoms with Gasteiger partial charge in [-0.1, -0.05) is 18.2 Å². The number of nitrogens with zero attached hydrogens (tertiary/aromatic N) is 1. The van der Waals surface area contributed by atoms with Crippen molar-refractivity contribution in [2.75, 3.05) is 18.4 Å². The Labute approximate surface area is 134 Å². The van der Waals surface area contributed by atoms with Crippen LogP contribution in [-0.2, 0) is 11.0 Å². The standard InChI is InChI=1S/C15H14F3N3OS/c16-15(17,18)11-4-2-1-3-10(11)12-8-23-14(20-12)21-13(22)9-5-6-19-7-9/h1-4,8-9,19H,5-7H2,(H,20,21,22). The highest BCUT2D eigenvalue weighted by molar-refractivity contribution is 7.14. The number of aromatic nitrogens is 1. The number of benzene rings is 1. The Morgan fingerprint density at radius 3 is 2.83 bits per heavy atom. The third-order valence-electron chi connectivity index (χ3n) is 3.67. The highest BCUT2D eigenvalue weighted by atomic mass is 32.1. The summed E-state index contributed by atoms with van der Waals surface area (Å²) >= 11 is 1.12. The van der Waals surface area contributed by atoms with Gasteiger partial charge in [0.15, 0.2) is 5.13 Å². The third-order valence-corrected chi connectivity index (χ3v) is 4.43. The topological polar surface area (TPSA) is 54.0 Å². The summed E-state index contributed by atoms with van der Waals surface area (Å²) in [4.78, 5) is 16.2. The molecule has 2 N–H and O–H groups in total. The van der Waals surface area contributed by atoms with Crippen LogP contribution in [0.2, 0.25) is 0 Å². The van der Waals surface area contributed by atoms with E-state index in [1.165, 1.54) is 23.6 Å². The second-order valence-electron chi connectivity index (χ2n) is 5.26. The minimum Gasteiger partial charge on any atom is -0.316 e. The fourth-order valence-electron chi connectivity index (χ4n) is 2.49. The first-order valence-electron chi connectivity index (χ1n) is 7.09. The van der Waals surface area contributed by atoms with Crippen LogP contribution >= 0.6 is 11.3 Å². The maximum Gasteiger partial charge on any atom is 0.417 e. The molecule has 0 bridgehead atoms. The molecule has 1 aromatic heterocycles. The predicted octanol–water partition coefficient (Wildman–Crippen LogP) is 3.38. The Balaban J connectivity index is 1.81. The van der Waals surface area contributed by atoms with Gasteiger partial charge in [0.2, 0.25) is 5.91 Å². The lowest BCUT2D eigenvalue weighted by atomic mass is 10.1. The molecule has 0 radical (unpaired) electrons. The third kappa shape index (κ3) is 3.53. The minimum atomic E-state index is -4.45. The van der Waals surface area contributed by atoms with E-state index in [0.29, 0.717) is 11.7 Å². The summed E-state index contributed by atoms with van der Waals surface area (Å²) in [5.74, 6) is -0.273. The molecule has 1 saturated heterocycles. The molecule has 23 heavy (non-hydrogen) atoms. The van der Waals surface area contributed by atoms with Crippen LogP contribution in [-0.4, -0.2) is 24.0 Å². The molecule has 2 aromatic rings. The number of carbonyl (C=O) groups excluding carboxylic acids is 1. The van der Waals surface area contributed by atoms with Gasteiger partial charge in [-0.25, -0.2) is 4.98 Å². The smallest absolute Gasteiger partial charge is 0.316 e. The van der Waals surface area contributed by atoms with E-state index in [2.05, 4.69) is 15.6 Å². The van der Waals surface area contributed by atoms with Crippen LogP contribution in [0, 0.1) is 5.92 Å². The number of hydrogen-bond acceptors (Lipinski definition) is 4. The van der Waals surface area contributed by atoms with E-state index in [4.69, 9.17) is 0 Å². The summed E-state index contributed by atoms with van der Waals surface area (Å²) < 4.78 is 39.2. The quantitative estimate of drug-likeness (QED) is 0.900. The summed E-state index contributed by atoms with van der Waals surface area (Å²) in [6, 6.07) is 5.28. The van der Waals surface area contributed by atoms with Gasteiger partial charge < -0.3 is 10.6 Å². The molecular weight excluding hydrogens is 327 g/mol. The van der Waals surface area contributed by atoms with Crippen LogP contribution in [0.4, 0.5) is 18.3 Å². The number of thiazole rings is 1. The van der Waals surface area contributed by atoms with E-state index in [1.54, 1.807) is 0 Å². The van der Waals surface area contributed by atoms with Crippen molar-refractivity contribution >= 4 is 22.4 Å². The number of carbonyl (C=O) groups is 1. The van der Waals surface area contributed by atoms with E-state index in [1.807, 2.05) is 0 Å². The van der Waals surface area contributed by atoms with Crippen molar-refractivity contribution in [3.63, 3.8) is 0 Å². The number of alkyl halides is 3. The van der Waals surface area contributed by atoms with E-state index in [-0.39, 0.29) is 23.1 Å². The molecule has 1 unspecified atom stereocenters. The van der Waals surface area contributed by atoms with Gasteiger partial charge in [-0.05, 0) is 19.0 Å². The minimum absolute atomic E-state index is 0.0132. The number of hydrogen-bond donors (Lipinski definition) is 2. The highest BCUT2D eigenvalue weighted by Crippen LogP contribution is 2.37. The first-order chi connectivity index (χ1) is 10.9. The second kappa shape index (κ2) is 6.29. The first-order valence-corrected chi connectivity index (χ1v) is 7.97. The van der Waals surface area contributed by atoms with Crippen molar-refractivity contribution in [2.24, 2.45) is 5.92 Å². The SMILES string of the molecule is O=C(Nc1nc(-c2ccccc2C(F)(F)F)cs1)C1CCNC1. The van der Waals surface area contributed by atoms with E-state index in [0.717, 1.165) is 30.4 Å². The van der Waals surface area contributed by atoms with Crippen molar-refractivity contribution in [2.45, 2.75) is 12.6 Å². The van der Waals surface area contributed by atoms with Crippen LogP contribution in [0.5, 0.6) is 0 Å². The maximum absolute atomic E-state index is 13.1. The van der Waals surface area contributed by atoms with Crippen molar-refractivity contribution in [3.05, 3.63) is 35.2 Å². The first kappa shape index (κ1) is 15.9. The monoisotopic (exact) mass is 341 g/mol. The Morgan fingerprint density at radius 1 is 1.35 bits per heavy atom. The summed E-state index contributed by atoms with van der Waals surface area (Å²) in [5.41, 5.74) is -0.509. The lowest BCUT2D eigenvalue weighted by Crippen LogP contribution is -2.24. The largest absolute Gasteiger partial charge is 0.417 e. The zero-order chi connectivity index (χ0) is 16.4. The molecule has 1 fully saturated rings. The zero-order valence-corrected chi connectivity index (χ0v) is 12.8. The van der Waals surface area contributed by atoms with Crippen LogP contribution < -0.4 is 10.6 Å². The highest BCUT2D eigenvalue weighted by Gasteiger charge is 2.34. The molecule has 1 amide bonds. The molecule has 0 aliphatic carbocycles. The van der Waals surface area contributed by atoms with Crippen molar-refractivity contribution in [3.8, 4) is 11.3 Å². The number of halogens is 3. The lowest BCUT2D eigenvalue weighted by molar-refractivity contribution is -0.137. The fourth-order valence-corrected chi connectivity index (χ4v) is 3.21. The number of amides is 1. The molecule has 4 nitrogen and oxygen atoms in total. The summed E-state index contributed by atoms with van der Waals surface area (Å²) in [6.45, 7) is 1.40. The molecule has 0 saturated carbocycles. The Bertz CT molecular complexity index is 708. The van der Waals surface area contributed by atoms with Gasteiger partial charge in [0.1, 0.15) is 0 Å². The normalized spacial score (nSPS) is 18.1. The summed E-state index contributed by atoms with van der Waals surface area (Å²) in [7, 11) is 0. The second-order valence-corrected chi connectivity index (χ2v) is 6.12. The molecule has 1 aromatic carbocycles. The van der Waals surface area contributed by atoms with Gasteiger partial charge >= 0.3 is 6.18 Å². The molecule has 1 atom stereocenters. The van der Waals surface area contributed by atoms with Crippen LogP contribution in [0.1, 0.15) is 12.0 Å². The Hall–Kier alpha value is -1.93. The Kier molecular flexibility index (Phi) is 4.36. The molecule has 2 heterocycles. The number of nitrogens with one attached hydrogen (secondary N) is 2. The summed E-state index contributed by atoms with van der Waals surface area (Å²) in [6.07, 6.45) is -3.69. The van der Waals surface area contributed by atoms with E-state index in [9.17, 15) is 18.0 Å². The average Bonchev–Trinajstić information content (AvgIpc) is 3.18. The molecule has 1 aliphatic heterocycles. The van der Waals surface area contributed by atoms with Crippen LogP contribution in [0.25, 0.3) is 11.3 Å². The lowest BCUT2D eigenvalue weighted by Gasteiger charge is -2.10. The van der Waals surface area contributed by atoms with Gasteiger partial charge in [0, 0.05) is 17.5 Å².